The van der Waals surface area contributed by atoms with Gasteiger partial charge >= 0.3 is 0 Å². The van der Waals surface area contributed by atoms with Gasteiger partial charge in [0.05, 0.1) is 0 Å². The third-order valence-electron chi connectivity index (χ3n) is 3.78. The van der Waals surface area contributed by atoms with Crippen molar-refractivity contribution in [2.24, 2.45) is 0 Å². The van der Waals surface area contributed by atoms with Crippen molar-refractivity contribution >= 4 is 0 Å². The standard InChI is InChI=1S/C15H18O2/c1-10-8-16-13-6-11-4-5-15(2,3)12(11)7-14(13)17-9-10/h6-7H,1,4-5,8-9H2,2-3H3. The van der Waals surface area contributed by atoms with E-state index < -0.39 is 0 Å². The molecule has 0 saturated heterocycles. The number of rotatable bonds is 0. The van der Waals surface area contributed by atoms with Gasteiger partial charge in [0, 0.05) is 0 Å². The molecule has 1 aliphatic carbocycles. The summed E-state index contributed by atoms with van der Waals surface area (Å²) < 4.78 is 11.5. The number of hydrogen-bond acceptors (Lipinski definition) is 2. The molecule has 0 amide bonds. The third kappa shape index (κ3) is 1.72. The molecule has 0 bridgehead atoms. The van der Waals surface area contributed by atoms with Crippen molar-refractivity contribution in [3.63, 3.8) is 0 Å². The molecule has 1 heterocycles. The fourth-order valence-electron chi connectivity index (χ4n) is 2.65. The Balaban J connectivity index is 2.07. The van der Waals surface area contributed by atoms with E-state index in [1.807, 2.05) is 0 Å². The first-order valence-electron chi connectivity index (χ1n) is 6.16. The van der Waals surface area contributed by atoms with Crippen molar-refractivity contribution in [3.05, 3.63) is 35.4 Å². The van der Waals surface area contributed by atoms with Gasteiger partial charge in [0.15, 0.2) is 11.5 Å². The Labute approximate surface area is 102 Å². The summed E-state index contributed by atoms with van der Waals surface area (Å²) in [4.78, 5) is 0. The summed E-state index contributed by atoms with van der Waals surface area (Å²) in [5, 5.41) is 0. The highest BCUT2D eigenvalue weighted by atomic mass is 16.5. The minimum absolute atomic E-state index is 0.261. The summed E-state index contributed by atoms with van der Waals surface area (Å²) in [6.45, 7) is 9.63. The lowest BCUT2D eigenvalue weighted by atomic mass is 9.86. The van der Waals surface area contributed by atoms with Gasteiger partial charge in [-0.15, -0.1) is 0 Å². The van der Waals surface area contributed by atoms with Gasteiger partial charge in [0.2, 0.25) is 0 Å². The average molecular weight is 230 g/mol. The lowest BCUT2D eigenvalue weighted by Gasteiger charge is -2.20. The quantitative estimate of drug-likeness (QED) is 0.637. The number of benzene rings is 1. The molecular weight excluding hydrogens is 212 g/mol. The van der Waals surface area contributed by atoms with Crippen LogP contribution in [0.4, 0.5) is 0 Å². The predicted molar refractivity (Wildman–Crippen MR) is 67.9 cm³/mol. The van der Waals surface area contributed by atoms with Gasteiger partial charge in [0.25, 0.3) is 0 Å². The van der Waals surface area contributed by atoms with Crippen molar-refractivity contribution in [2.45, 2.75) is 32.1 Å². The van der Waals surface area contributed by atoms with Crippen molar-refractivity contribution in [2.75, 3.05) is 13.2 Å². The van der Waals surface area contributed by atoms with Crippen LogP contribution in [-0.4, -0.2) is 13.2 Å². The van der Waals surface area contributed by atoms with E-state index in [0.29, 0.717) is 13.2 Å². The Morgan fingerprint density at radius 2 is 1.76 bits per heavy atom. The number of hydrogen-bond donors (Lipinski definition) is 0. The molecule has 2 nitrogen and oxygen atoms in total. The van der Waals surface area contributed by atoms with E-state index in [0.717, 1.165) is 23.5 Å². The smallest absolute Gasteiger partial charge is 0.162 e. The van der Waals surface area contributed by atoms with Crippen LogP contribution >= 0.6 is 0 Å². The Hall–Kier alpha value is -1.44. The van der Waals surface area contributed by atoms with Crippen LogP contribution in [0.15, 0.2) is 24.3 Å². The van der Waals surface area contributed by atoms with Crippen LogP contribution in [0.3, 0.4) is 0 Å². The molecule has 17 heavy (non-hydrogen) atoms. The zero-order valence-electron chi connectivity index (χ0n) is 10.5. The van der Waals surface area contributed by atoms with Crippen LogP contribution in [-0.2, 0) is 11.8 Å². The Bertz CT molecular complexity index is 486. The van der Waals surface area contributed by atoms with Crippen LogP contribution in [0.25, 0.3) is 0 Å². The Kier molecular flexibility index (Phi) is 2.22. The van der Waals surface area contributed by atoms with Crippen LogP contribution < -0.4 is 9.47 Å². The van der Waals surface area contributed by atoms with E-state index in [4.69, 9.17) is 9.47 Å². The van der Waals surface area contributed by atoms with E-state index >= 15 is 0 Å². The first kappa shape index (κ1) is 10.7. The average Bonchev–Trinajstić information content (AvgIpc) is 2.47. The van der Waals surface area contributed by atoms with E-state index in [1.54, 1.807) is 0 Å². The Morgan fingerprint density at radius 1 is 1.12 bits per heavy atom. The van der Waals surface area contributed by atoms with Gasteiger partial charge < -0.3 is 9.47 Å². The molecule has 0 radical (unpaired) electrons. The summed E-state index contributed by atoms with van der Waals surface area (Å²) in [5.41, 5.74) is 4.06. The molecular formula is C15H18O2. The molecule has 1 aromatic rings. The molecule has 0 fully saturated rings. The predicted octanol–water partition coefficient (Wildman–Crippen LogP) is 3.24. The number of fused-ring (bicyclic) bond motifs is 2. The highest BCUT2D eigenvalue weighted by Crippen LogP contribution is 2.44. The van der Waals surface area contributed by atoms with E-state index in [1.165, 1.54) is 17.5 Å². The van der Waals surface area contributed by atoms with Crippen molar-refractivity contribution < 1.29 is 9.47 Å². The van der Waals surface area contributed by atoms with Crippen LogP contribution in [0.2, 0.25) is 0 Å². The molecule has 0 unspecified atom stereocenters. The fourth-order valence-corrected chi connectivity index (χ4v) is 2.65. The Morgan fingerprint density at radius 3 is 2.47 bits per heavy atom. The molecule has 2 aliphatic rings. The molecule has 1 aromatic carbocycles. The molecule has 0 N–H and O–H groups in total. The monoisotopic (exact) mass is 230 g/mol. The zero-order chi connectivity index (χ0) is 12.0. The molecule has 0 saturated carbocycles. The maximum atomic E-state index is 5.75. The van der Waals surface area contributed by atoms with Crippen LogP contribution in [0.1, 0.15) is 31.4 Å². The highest BCUT2D eigenvalue weighted by Gasteiger charge is 2.31. The summed E-state index contributed by atoms with van der Waals surface area (Å²) in [6, 6.07) is 4.31. The van der Waals surface area contributed by atoms with Gasteiger partial charge in [0.1, 0.15) is 13.2 Å². The highest BCUT2D eigenvalue weighted by molar-refractivity contribution is 5.52. The van der Waals surface area contributed by atoms with Gasteiger partial charge in [-0.25, -0.2) is 0 Å². The second-order valence-corrected chi connectivity index (χ2v) is 5.67. The lowest BCUT2D eigenvalue weighted by Crippen LogP contribution is -2.12. The van der Waals surface area contributed by atoms with Crippen molar-refractivity contribution in [1.82, 2.24) is 0 Å². The maximum absolute atomic E-state index is 5.75. The minimum atomic E-state index is 0.261. The molecule has 3 rings (SSSR count). The second-order valence-electron chi connectivity index (χ2n) is 5.67. The topological polar surface area (TPSA) is 18.5 Å². The SMILES string of the molecule is C=C1COc2cc3c(cc2OC1)C(C)(C)CC3. The molecule has 2 heteroatoms. The molecule has 1 aliphatic heterocycles. The number of aryl methyl sites for hydroxylation is 1. The van der Waals surface area contributed by atoms with Crippen LogP contribution in [0.5, 0.6) is 11.5 Å². The van der Waals surface area contributed by atoms with Crippen molar-refractivity contribution in [3.8, 4) is 11.5 Å². The first-order chi connectivity index (χ1) is 8.06. The summed E-state index contributed by atoms with van der Waals surface area (Å²) in [7, 11) is 0. The zero-order valence-corrected chi connectivity index (χ0v) is 10.5. The maximum Gasteiger partial charge on any atom is 0.162 e. The van der Waals surface area contributed by atoms with E-state index in [2.05, 4.69) is 32.6 Å². The molecule has 0 atom stereocenters. The normalized spacial score (nSPS) is 20.9. The second kappa shape index (κ2) is 3.52. The third-order valence-corrected chi connectivity index (χ3v) is 3.78. The van der Waals surface area contributed by atoms with Gasteiger partial charge in [-0.1, -0.05) is 20.4 Å². The van der Waals surface area contributed by atoms with Crippen molar-refractivity contribution in [1.29, 1.82) is 0 Å². The molecule has 90 valence electrons. The molecule has 0 spiro atoms. The number of ether oxygens (including phenoxy) is 2. The van der Waals surface area contributed by atoms with Gasteiger partial charge in [-0.2, -0.15) is 0 Å². The first-order valence-corrected chi connectivity index (χ1v) is 6.16. The van der Waals surface area contributed by atoms with E-state index in [9.17, 15) is 0 Å². The summed E-state index contributed by atoms with van der Waals surface area (Å²) in [6.07, 6.45) is 2.35. The van der Waals surface area contributed by atoms with Crippen LogP contribution in [0, 0.1) is 0 Å². The van der Waals surface area contributed by atoms with Gasteiger partial charge in [-0.05, 0) is 47.1 Å². The summed E-state index contributed by atoms with van der Waals surface area (Å²) >= 11 is 0. The van der Waals surface area contributed by atoms with Gasteiger partial charge in [-0.3, -0.25) is 0 Å². The molecule has 0 aromatic heterocycles. The lowest BCUT2D eigenvalue weighted by molar-refractivity contribution is 0.353. The largest absolute Gasteiger partial charge is 0.485 e. The van der Waals surface area contributed by atoms with E-state index in [-0.39, 0.29) is 5.41 Å². The minimum Gasteiger partial charge on any atom is -0.485 e. The fraction of sp³-hybridized carbons (Fsp3) is 0.467. The summed E-state index contributed by atoms with van der Waals surface area (Å²) in [5.74, 6) is 1.75.